The first kappa shape index (κ1) is 19.7. The van der Waals surface area contributed by atoms with Gasteiger partial charge in [0.05, 0.1) is 6.61 Å². The maximum absolute atomic E-state index is 12.6. The Hall–Kier alpha value is -2.67. The Kier molecular flexibility index (Phi) is 6.91. The molecule has 0 amide bonds. The molecular weight excluding hydrogens is 336 g/mol. The molecular formula is C19H24N2O5. The van der Waals surface area contributed by atoms with Crippen LogP contribution in [-0.4, -0.2) is 48.1 Å². The van der Waals surface area contributed by atoms with Crippen molar-refractivity contribution in [1.82, 2.24) is 9.88 Å². The Morgan fingerprint density at radius 2 is 1.96 bits per heavy atom. The molecule has 1 heterocycles. The van der Waals surface area contributed by atoms with Gasteiger partial charge < -0.3 is 14.5 Å². The van der Waals surface area contributed by atoms with Crippen LogP contribution < -0.4 is 5.43 Å². The first-order valence-electron chi connectivity index (χ1n) is 8.63. The van der Waals surface area contributed by atoms with Gasteiger partial charge in [-0.05, 0) is 31.2 Å². The van der Waals surface area contributed by atoms with Crippen LogP contribution in [0.1, 0.15) is 36.7 Å². The molecule has 1 aromatic heterocycles. The van der Waals surface area contributed by atoms with Crippen LogP contribution in [0, 0.1) is 0 Å². The Labute approximate surface area is 151 Å². The summed E-state index contributed by atoms with van der Waals surface area (Å²) in [5.41, 5.74) is 1.25. The number of nitrogens with one attached hydrogen (secondary N) is 1. The Bertz CT molecular complexity index is 843. The number of aromatic amines is 1. The van der Waals surface area contributed by atoms with Crippen molar-refractivity contribution in [1.29, 1.82) is 0 Å². The van der Waals surface area contributed by atoms with E-state index in [2.05, 4.69) is 9.88 Å². The highest BCUT2D eigenvalue weighted by Gasteiger charge is 2.14. The van der Waals surface area contributed by atoms with Gasteiger partial charge in [0.1, 0.15) is 12.2 Å². The second-order valence-electron chi connectivity index (χ2n) is 5.84. The molecule has 1 N–H and O–H groups in total. The monoisotopic (exact) mass is 360 g/mol. The van der Waals surface area contributed by atoms with Crippen LogP contribution in [-0.2, 0) is 20.8 Å². The Morgan fingerprint density at radius 1 is 1.19 bits per heavy atom. The molecule has 1 aromatic carbocycles. The van der Waals surface area contributed by atoms with E-state index >= 15 is 0 Å². The van der Waals surface area contributed by atoms with E-state index in [1.54, 1.807) is 13.0 Å². The highest BCUT2D eigenvalue weighted by molar-refractivity contribution is 5.93. The van der Waals surface area contributed by atoms with Gasteiger partial charge in [0.15, 0.2) is 0 Å². The van der Waals surface area contributed by atoms with Crippen LogP contribution >= 0.6 is 0 Å². The Morgan fingerprint density at radius 3 is 2.62 bits per heavy atom. The van der Waals surface area contributed by atoms with E-state index in [9.17, 15) is 14.4 Å². The largest absolute Gasteiger partial charge is 0.465 e. The predicted molar refractivity (Wildman–Crippen MR) is 98.1 cm³/mol. The third-order valence-corrected chi connectivity index (χ3v) is 4.01. The van der Waals surface area contributed by atoms with Gasteiger partial charge >= 0.3 is 11.9 Å². The molecule has 0 radical (unpaired) electrons. The first-order chi connectivity index (χ1) is 12.5. The smallest absolute Gasteiger partial charge is 0.343 e. The number of nitrogens with zero attached hydrogens (tertiary/aromatic N) is 1. The number of H-pyrrole nitrogens is 1. The standard InChI is InChI=1S/C19H24N2O5/c1-4-21(8-9-26-13(3)22)12-14-6-7-17-15(10-14)18(23)16(11-20-17)19(24)25-5-2/h6-7,10-11H,4-5,8-9,12H2,1-3H3,(H,20,23). The molecule has 2 rings (SSSR count). The van der Waals surface area contributed by atoms with Crippen molar-refractivity contribution in [2.24, 2.45) is 0 Å². The first-order valence-corrected chi connectivity index (χ1v) is 8.63. The quantitative estimate of drug-likeness (QED) is 0.725. The van der Waals surface area contributed by atoms with Crippen LogP contribution in [0.2, 0.25) is 0 Å². The summed E-state index contributed by atoms with van der Waals surface area (Å²) in [5.74, 6) is -0.928. The predicted octanol–water partition coefficient (Wildman–Crippen LogP) is 2.09. The molecule has 7 heteroatoms. The maximum atomic E-state index is 12.6. The summed E-state index contributed by atoms with van der Waals surface area (Å²) >= 11 is 0. The fourth-order valence-electron chi connectivity index (χ4n) is 2.65. The summed E-state index contributed by atoms with van der Waals surface area (Å²) in [7, 11) is 0. The number of carbonyl (C=O) groups is 2. The molecule has 7 nitrogen and oxygen atoms in total. The van der Waals surface area contributed by atoms with Gasteiger partial charge in [0.2, 0.25) is 5.43 Å². The second-order valence-corrected chi connectivity index (χ2v) is 5.84. The van der Waals surface area contributed by atoms with Gasteiger partial charge in [0.25, 0.3) is 0 Å². The van der Waals surface area contributed by atoms with Gasteiger partial charge in [-0.3, -0.25) is 14.5 Å². The summed E-state index contributed by atoms with van der Waals surface area (Å²) in [4.78, 5) is 40.5. The van der Waals surface area contributed by atoms with E-state index in [0.29, 0.717) is 30.6 Å². The lowest BCUT2D eigenvalue weighted by atomic mass is 10.1. The summed E-state index contributed by atoms with van der Waals surface area (Å²) in [6.45, 7) is 7.62. The molecule has 0 atom stereocenters. The molecule has 0 spiro atoms. The van der Waals surface area contributed by atoms with Gasteiger partial charge in [-0.2, -0.15) is 0 Å². The van der Waals surface area contributed by atoms with Gasteiger partial charge in [0, 0.05) is 37.1 Å². The fraction of sp³-hybridized carbons (Fsp3) is 0.421. The van der Waals surface area contributed by atoms with Gasteiger partial charge in [-0.25, -0.2) is 4.79 Å². The molecule has 0 saturated heterocycles. The van der Waals surface area contributed by atoms with Crippen LogP contribution in [0.3, 0.4) is 0 Å². The molecule has 0 saturated carbocycles. The molecule has 0 aliphatic rings. The molecule has 140 valence electrons. The summed E-state index contributed by atoms with van der Waals surface area (Å²) in [5, 5.41) is 0.448. The van der Waals surface area contributed by atoms with Crippen molar-refractivity contribution in [2.75, 3.05) is 26.3 Å². The number of rotatable bonds is 8. The van der Waals surface area contributed by atoms with Crippen molar-refractivity contribution in [2.45, 2.75) is 27.3 Å². The average molecular weight is 360 g/mol. The lowest BCUT2D eigenvalue weighted by molar-refractivity contribution is -0.141. The number of likely N-dealkylation sites (N-methyl/N-ethyl adjacent to an activating group) is 1. The molecule has 0 bridgehead atoms. The highest BCUT2D eigenvalue weighted by atomic mass is 16.5. The van der Waals surface area contributed by atoms with Crippen molar-refractivity contribution < 1.29 is 19.1 Å². The topological polar surface area (TPSA) is 88.7 Å². The molecule has 0 unspecified atom stereocenters. The van der Waals surface area contributed by atoms with E-state index in [1.807, 2.05) is 19.1 Å². The van der Waals surface area contributed by atoms with E-state index in [-0.39, 0.29) is 23.6 Å². The lowest BCUT2D eigenvalue weighted by Crippen LogP contribution is -2.27. The zero-order valence-electron chi connectivity index (χ0n) is 15.3. The number of ether oxygens (including phenoxy) is 2. The number of fused-ring (bicyclic) bond motifs is 1. The number of aromatic nitrogens is 1. The van der Waals surface area contributed by atoms with Crippen LogP contribution in [0.4, 0.5) is 0 Å². The lowest BCUT2D eigenvalue weighted by Gasteiger charge is -2.20. The molecule has 2 aromatic rings. The summed E-state index contributed by atoms with van der Waals surface area (Å²) in [6, 6.07) is 5.53. The summed E-state index contributed by atoms with van der Waals surface area (Å²) in [6.07, 6.45) is 1.39. The maximum Gasteiger partial charge on any atom is 0.343 e. The van der Waals surface area contributed by atoms with Gasteiger partial charge in [-0.1, -0.05) is 13.0 Å². The summed E-state index contributed by atoms with van der Waals surface area (Å²) < 4.78 is 9.90. The number of benzene rings is 1. The van der Waals surface area contributed by atoms with E-state index in [0.717, 1.165) is 12.1 Å². The minimum atomic E-state index is -0.627. The minimum Gasteiger partial charge on any atom is -0.465 e. The SMILES string of the molecule is CCOC(=O)c1c[nH]c2ccc(CN(CC)CCOC(C)=O)cc2c1=O. The number of pyridine rings is 1. The van der Waals surface area contributed by atoms with Crippen molar-refractivity contribution in [3.63, 3.8) is 0 Å². The van der Waals surface area contributed by atoms with E-state index in [4.69, 9.17) is 9.47 Å². The highest BCUT2D eigenvalue weighted by Crippen LogP contribution is 2.13. The third kappa shape index (κ3) is 4.92. The number of hydrogen-bond acceptors (Lipinski definition) is 6. The third-order valence-electron chi connectivity index (χ3n) is 4.01. The van der Waals surface area contributed by atoms with Crippen molar-refractivity contribution >= 4 is 22.8 Å². The van der Waals surface area contributed by atoms with Crippen LogP contribution in [0.15, 0.2) is 29.2 Å². The normalized spacial score (nSPS) is 10.9. The fourth-order valence-corrected chi connectivity index (χ4v) is 2.65. The zero-order valence-corrected chi connectivity index (χ0v) is 15.3. The Balaban J connectivity index is 2.23. The number of carbonyl (C=O) groups excluding carboxylic acids is 2. The number of esters is 2. The van der Waals surface area contributed by atoms with Crippen LogP contribution in [0.25, 0.3) is 10.9 Å². The van der Waals surface area contributed by atoms with E-state index < -0.39 is 5.97 Å². The minimum absolute atomic E-state index is 0.00120. The van der Waals surface area contributed by atoms with Crippen molar-refractivity contribution in [3.8, 4) is 0 Å². The van der Waals surface area contributed by atoms with Gasteiger partial charge in [-0.15, -0.1) is 0 Å². The molecule has 0 fully saturated rings. The molecule has 0 aliphatic heterocycles. The molecule has 26 heavy (non-hydrogen) atoms. The molecule has 0 aliphatic carbocycles. The van der Waals surface area contributed by atoms with E-state index in [1.165, 1.54) is 13.1 Å². The zero-order chi connectivity index (χ0) is 19.1. The van der Waals surface area contributed by atoms with Crippen molar-refractivity contribution in [3.05, 3.63) is 45.7 Å². The average Bonchev–Trinajstić information content (AvgIpc) is 2.61. The number of hydrogen-bond donors (Lipinski definition) is 1. The van der Waals surface area contributed by atoms with Crippen LogP contribution in [0.5, 0.6) is 0 Å². The second kappa shape index (κ2) is 9.15.